The average molecular weight is 464 g/mol. The molecule has 6 nitrogen and oxygen atoms in total. The highest BCUT2D eigenvalue weighted by Crippen LogP contribution is 2.49. The van der Waals surface area contributed by atoms with Crippen LogP contribution in [0.3, 0.4) is 0 Å². The van der Waals surface area contributed by atoms with E-state index in [-0.39, 0.29) is 18.4 Å². The zero-order chi connectivity index (χ0) is 23.8. The topological polar surface area (TPSA) is 83.3 Å². The minimum atomic E-state index is -2.58. The highest BCUT2D eigenvalue weighted by atomic mass is 19.3. The van der Waals surface area contributed by atoms with Crippen LogP contribution in [0.4, 0.5) is 31.7 Å². The first-order valence-corrected chi connectivity index (χ1v) is 11.5. The van der Waals surface area contributed by atoms with Crippen LogP contribution in [0, 0.1) is 0 Å². The summed E-state index contributed by atoms with van der Waals surface area (Å²) in [6.45, 7) is 0.647. The normalized spacial score (nSPS) is 18.2. The van der Waals surface area contributed by atoms with E-state index in [2.05, 4.69) is 27.8 Å². The molecule has 1 saturated heterocycles. The van der Waals surface area contributed by atoms with E-state index in [9.17, 15) is 13.6 Å². The molecule has 1 aromatic heterocycles. The number of anilines is 4. The van der Waals surface area contributed by atoms with Gasteiger partial charge in [-0.05, 0) is 48.7 Å². The first-order chi connectivity index (χ1) is 16.4. The first-order valence-electron chi connectivity index (χ1n) is 11.5. The maximum atomic E-state index is 13.5. The van der Waals surface area contributed by atoms with Gasteiger partial charge in [-0.15, -0.1) is 0 Å². The third-order valence-electron chi connectivity index (χ3n) is 6.64. The number of benzene rings is 2. The molecule has 34 heavy (non-hydrogen) atoms. The summed E-state index contributed by atoms with van der Waals surface area (Å²) in [7, 11) is 0. The van der Waals surface area contributed by atoms with E-state index in [1.807, 2.05) is 47.4 Å². The van der Waals surface area contributed by atoms with Crippen molar-refractivity contribution in [3.63, 3.8) is 0 Å². The summed E-state index contributed by atoms with van der Waals surface area (Å²) in [6.07, 6.45) is 3.29. The number of carbonyl (C=O) groups is 1. The van der Waals surface area contributed by atoms with E-state index in [0.29, 0.717) is 30.2 Å². The summed E-state index contributed by atoms with van der Waals surface area (Å²) < 4.78 is 26.9. The molecule has 1 amide bonds. The molecule has 1 aliphatic heterocycles. The number of nitrogens with zero attached hydrogens (tertiary/aromatic N) is 2. The van der Waals surface area contributed by atoms with Crippen molar-refractivity contribution in [1.29, 1.82) is 0 Å². The van der Waals surface area contributed by atoms with Gasteiger partial charge in [-0.25, -0.2) is 13.8 Å². The van der Waals surface area contributed by atoms with Crippen LogP contribution in [-0.4, -0.2) is 29.9 Å². The largest absolute Gasteiger partial charge is 0.375 e. The average Bonchev–Trinajstić information content (AvgIpc) is 3.61. The van der Waals surface area contributed by atoms with Crippen LogP contribution in [0.2, 0.25) is 0 Å². The molecule has 0 radical (unpaired) electrons. The molecule has 8 heteroatoms. The Morgan fingerprint density at radius 2 is 1.62 bits per heavy atom. The number of nitrogens with one attached hydrogen (secondary N) is 2. The minimum Gasteiger partial charge on any atom is -0.375 e. The van der Waals surface area contributed by atoms with Gasteiger partial charge in [0, 0.05) is 43.5 Å². The van der Waals surface area contributed by atoms with E-state index in [1.54, 1.807) is 12.3 Å². The Morgan fingerprint density at radius 3 is 2.24 bits per heavy atom. The quantitative estimate of drug-likeness (QED) is 0.445. The van der Waals surface area contributed by atoms with Crippen LogP contribution >= 0.6 is 0 Å². The molecule has 2 heterocycles. The van der Waals surface area contributed by atoms with Crippen molar-refractivity contribution >= 4 is 28.8 Å². The second-order valence-electron chi connectivity index (χ2n) is 9.03. The van der Waals surface area contributed by atoms with Crippen LogP contribution in [0.1, 0.15) is 41.6 Å². The molecule has 2 aromatic carbocycles. The zero-order valence-electron chi connectivity index (χ0n) is 18.7. The first kappa shape index (κ1) is 22.1. The van der Waals surface area contributed by atoms with Gasteiger partial charge in [0.2, 0.25) is 0 Å². The zero-order valence-corrected chi connectivity index (χ0v) is 18.7. The van der Waals surface area contributed by atoms with Crippen molar-refractivity contribution in [3.8, 4) is 0 Å². The van der Waals surface area contributed by atoms with E-state index in [0.717, 1.165) is 24.2 Å². The number of rotatable bonds is 7. The smallest absolute Gasteiger partial charge is 0.254 e. The summed E-state index contributed by atoms with van der Waals surface area (Å²) >= 11 is 0. The number of carbonyl (C=O) groups excluding carboxylic acids is 1. The van der Waals surface area contributed by atoms with E-state index < -0.39 is 11.8 Å². The second kappa shape index (κ2) is 8.59. The predicted octanol–water partition coefficient (Wildman–Crippen LogP) is 5.26. The molecular formula is C26H27F2N5O. The molecular weight excluding hydrogens is 436 g/mol. The highest BCUT2D eigenvalue weighted by molar-refractivity contribution is 6.03. The Hall–Kier alpha value is -3.68. The monoisotopic (exact) mass is 463 g/mol. The fourth-order valence-electron chi connectivity index (χ4n) is 4.52. The SMILES string of the molecule is NC(=O)c1c(NC2(c3ccccc3)CC2)ccnc1Nc1ccc(N2CCC(F)(F)CC2)cc1. The number of aromatic nitrogens is 1. The minimum absolute atomic E-state index is 0.136. The van der Waals surface area contributed by atoms with E-state index >= 15 is 0 Å². The van der Waals surface area contributed by atoms with Crippen molar-refractivity contribution in [1.82, 2.24) is 4.98 Å². The number of hydrogen-bond acceptors (Lipinski definition) is 5. The van der Waals surface area contributed by atoms with Gasteiger partial charge in [-0.1, -0.05) is 30.3 Å². The summed E-state index contributed by atoms with van der Waals surface area (Å²) in [4.78, 5) is 18.7. The number of amides is 1. The number of primary amides is 1. The number of nitrogens with two attached hydrogens (primary N) is 1. The van der Waals surface area contributed by atoms with E-state index in [1.165, 1.54) is 5.56 Å². The van der Waals surface area contributed by atoms with Crippen molar-refractivity contribution in [2.45, 2.75) is 37.1 Å². The van der Waals surface area contributed by atoms with Gasteiger partial charge in [0.05, 0.1) is 11.2 Å². The Labute approximate surface area is 197 Å². The molecule has 0 spiro atoms. The van der Waals surface area contributed by atoms with Crippen molar-refractivity contribution < 1.29 is 13.6 Å². The predicted molar refractivity (Wildman–Crippen MR) is 130 cm³/mol. The van der Waals surface area contributed by atoms with Gasteiger partial charge in [-0.3, -0.25) is 4.79 Å². The van der Waals surface area contributed by atoms with Crippen LogP contribution in [0.15, 0.2) is 66.9 Å². The van der Waals surface area contributed by atoms with E-state index in [4.69, 9.17) is 5.73 Å². The lowest BCUT2D eigenvalue weighted by Gasteiger charge is -2.33. The summed E-state index contributed by atoms with van der Waals surface area (Å²) in [6, 6.07) is 19.4. The molecule has 1 saturated carbocycles. The summed E-state index contributed by atoms with van der Waals surface area (Å²) in [5, 5.41) is 6.72. The molecule has 5 rings (SSSR count). The standard InChI is InChI=1S/C26H27F2N5O/c27-26(28)13-16-33(17-14-26)20-8-6-19(7-9-20)31-24-22(23(29)34)21(10-15-30-24)32-25(11-12-25)18-4-2-1-3-5-18/h1-10,15H,11-14,16-17H2,(H2,29,34)(H2,30,31,32). The molecule has 0 bridgehead atoms. The number of piperidine rings is 1. The molecule has 0 atom stereocenters. The molecule has 2 fully saturated rings. The maximum Gasteiger partial charge on any atom is 0.254 e. The number of hydrogen-bond donors (Lipinski definition) is 3. The van der Waals surface area contributed by atoms with Gasteiger partial charge < -0.3 is 21.3 Å². The van der Waals surface area contributed by atoms with Gasteiger partial charge in [0.25, 0.3) is 11.8 Å². The maximum absolute atomic E-state index is 13.5. The third kappa shape index (κ3) is 4.53. The second-order valence-corrected chi connectivity index (χ2v) is 9.03. The molecule has 3 aromatic rings. The molecule has 176 valence electrons. The van der Waals surface area contributed by atoms with Crippen LogP contribution in [0.5, 0.6) is 0 Å². The lowest BCUT2D eigenvalue weighted by molar-refractivity contribution is -0.0220. The fraction of sp³-hybridized carbons (Fsp3) is 0.308. The van der Waals surface area contributed by atoms with Gasteiger partial charge in [0.1, 0.15) is 11.4 Å². The Bertz CT molecular complexity index is 1170. The van der Waals surface area contributed by atoms with Gasteiger partial charge >= 0.3 is 0 Å². The number of halogens is 2. The fourth-order valence-corrected chi connectivity index (χ4v) is 4.52. The molecule has 4 N–H and O–H groups in total. The van der Waals surface area contributed by atoms with Gasteiger partial charge in [-0.2, -0.15) is 0 Å². The lowest BCUT2D eigenvalue weighted by Crippen LogP contribution is -2.39. The summed E-state index contributed by atoms with van der Waals surface area (Å²) in [5.41, 5.74) is 9.27. The molecule has 2 aliphatic rings. The van der Waals surface area contributed by atoms with Crippen LogP contribution in [-0.2, 0) is 5.54 Å². The summed E-state index contributed by atoms with van der Waals surface area (Å²) in [5.74, 6) is -2.78. The highest BCUT2D eigenvalue weighted by Gasteiger charge is 2.45. The lowest BCUT2D eigenvalue weighted by atomic mass is 10.0. The number of alkyl halides is 2. The molecule has 0 unspecified atom stereocenters. The van der Waals surface area contributed by atoms with Crippen LogP contribution < -0.4 is 21.3 Å². The third-order valence-corrected chi connectivity index (χ3v) is 6.64. The number of pyridine rings is 1. The van der Waals surface area contributed by atoms with Crippen molar-refractivity contribution in [2.75, 3.05) is 28.6 Å². The molecule has 1 aliphatic carbocycles. The van der Waals surface area contributed by atoms with Crippen molar-refractivity contribution in [3.05, 3.63) is 78.0 Å². The Balaban J connectivity index is 1.35. The Morgan fingerprint density at radius 1 is 0.941 bits per heavy atom. The van der Waals surface area contributed by atoms with Gasteiger partial charge in [0.15, 0.2) is 0 Å². The Kier molecular flexibility index (Phi) is 5.59. The van der Waals surface area contributed by atoms with Crippen molar-refractivity contribution in [2.24, 2.45) is 5.73 Å². The van der Waals surface area contributed by atoms with Crippen LogP contribution in [0.25, 0.3) is 0 Å².